The molecule has 0 unspecified atom stereocenters. The topological polar surface area (TPSA) is 29.1 Å². The van der Waals surface area contributed by atoms with Gasteiger partial charge in [-0.2, -0.15) is 0 Å². The minimum absolute atomic E-state index is 0.213. The van der Waals surface area contributed by atoms with Gasteiger partial charge in [-0.05, 0) is 24.5 Å². The quantitative estimate of drug-likeness (QED) is 0.872. The summed E-state index contributed by atoms with van der Waals surface area (Å²) < 4.78 is 0. The second kappa shape index (κ2) is 6.18. The lowest BCUT2D eigenvalue weighted by molar-refractivity contribution is -0.117. The van der Waals surface area contributed by atoms with Crippen molar-refractivity contribution in [3.8, 4) is 0 Å². The van der Waals surface area contributed by atoms with Gasteiger partial charge in [-0.25, -0.2) is 0 Å². The molecule has 0 aromatic heterocycles. The first kappa shape index (κ1) is 12.6. The number of nitrogens with one attached hydrogen (secondary N) is 1. The number of halogens is 1. The average Bonchev–Trinajstić information content (AvgIpc) is 2.82. The maximum absolute atomic E-state index is 11.8. The third-order valence-corrected chi connectivity index (χ3v) is 3.66. The lowest BCUT2D eigenvalue weighted by Gasteiger charge is -2.11. The summed E-state index contributed by atoms with van der Waals surface area (Å²) in [6, 6.07) is 8.08. The average molecular weight is 252 g/mol. The number of ketones is 1. The van der Waals surface area contributed by atoms with Gasteiger partial charge >= 0.3 is 0 Å². The number of rotatable bonds is 5. The van der Waals surface area contributed by atoms with Crippen LogP contribution in [0.3, 0.4) is 0 Å². The number of carbonyl (C=O) groups is 1. The molecule has 0 radical (unpaired) electrons. The fraction of sp³-hybridized carbons (Fsp3) is 0.500. The van der Waals surface area contributed by atoms with Crippen LogP contribution in [-0.4, -0.2) is 18.4 Å². The van der Waals surface area contributed by atoms with Gasteiger partial charge in [0.05, 0.1) is 6.54 Å². The van der Waals surface area contributed by atoms with Crippen molar-refractivity contribution in [3.63, 3.8) is 0 Å². The SMILES string of the molecule is O=C(CNC1CCCC1)Cc1ccccc1Cl. The first-order chi connectivity index (χ1) is 8.25. The Morgan fingerprint density at radius 3 is 2.71 bits per heavy atom. The highest BCUT2D eigenvalue weighted by atomic mass is 35.5. The van der Waals surface area contributed by atoms with Gasteiger partial charge in [-0.1, -0.05) is 42.6 Å². The molecule has 0 bridgehead atoms. The van der Waals surface area contributed by atoms with E-state index in [0.717, 1.165) is 5.56 Å². The zero-order chi connectivity index (χ0) is 12.1. The molecule has 3 heteroatoms. The fourth-order valence-electron chi connectivity index (χ4n) is 2.30. The summed E-state index contributed by atoms with van der Waals surface area (Å²) in [6.45, 7) is 0.468. The van der Waals surface area contributed by atoms with Gasteiger partial charge in [-0.15, -0.1) is 0 Å². The Balaban J connectivity index is 1.79. The second-order valence-corrected chi connectivity index (χ2v) is 5.08. The van der Waals surface area contributed by atoms with Crippen molar-refractivity contribution in [2.45, 2.75) is 38.1 Å². The molecule has 1 saturated carbocycles. The van der Waals surface area contributed by atoms with E-state index < -0.39 is 0 Å². The van der Waals surface area contributed by atoms with Crippen LogP contribution in [0.5, 0.6) is 0 Å². The number of benzene rings is 1. The van der Waals surface area contributed by atoms with E-state index >= 15 is 0 Å². The number of Topliss-reactive ketones (excluding diaryl/α,β-unsaturated/α-hetero) is 1. The Bertz CT molecular complexity index is 386. The van der Waals surface area contributed by atoms with Gasteiger partial charge in [0, 0.05) is 17.5 Å². The third kappa shape index (κ3) is 3.83. The van der Waals surface area contributed by atoms with Crippen LogP contribution in [0.1, 0.15) is 31.2 Å². The summed E-state index contributed by atoms with van der Waals surface area (Å²) in [5.41, 5.74) is 0.924. The second-order valence-electron chi connectivity index (χ2n) is 4.67. The van der Waals surface area contributed by atoms with Crippen molar-refractivity contribution in [1.82, 2.24) is 5.32 Å². The van der Waals surface area contributed by atoms with Gasteiger partial charge < -0.3 is 5.32 Å². The highest BCUT2D eigenvalue weighted by Crippen LogP contribution is 2.18. The smallest absolute Gasteiger partial charge is 0.151 e. The van der Waals surface area contributed by atoms with Gasteiger partial charge in [0.2, 0.25) is 0 Å². The van der Waals surface area contributed by atoms with E-state index in [1.165, 1.54) is 25.7 Å². The lowest BCUT2D eigenvalue weighted by atomic mass is 10.1. The summed E-state index contributed by atoms with van der Waals surface area (Å²) in [5, 5.41) is 4.01. The predicted octanol–water partition coefficient (Wildman–Crippen LogP) is 2.98. The molecule has 0 amide bonds. The Kier molecular flexibility index (Phi) is 4.57. The Morgan fingerprint density at radius 2 is 2.00 bits per heavy atom. The molecule has 0 heterocycles. The minimum atomic E-state index is 0.213. The molecule has 0 aliphatic heterocycles. The van der Waals surface area contributed by atoms with Crippen LogP contribution in [0.15, 0.2) is 24.3 Å². The van der Waals surface area contributed by atoms with Crippen LogP contribution in [0.2, 0.25) is 5.02 Å². The van der Waals surface area contributed by atoms with Crippen LogP contribution in [0, 0.1) is 0 Å². The van der Waals surface area contributed by atoms with E-state index in [0.29, 0.717) is 24.0 Å². The van der Waals surface area contributed by atoms with Crippen LogP contribution >= 0.6 is 11.6 Å². The fourth-order valence-corrected chi connectivity index (χ4v) is 2.51. The molecule has 1 aliphatic rings. The molecule has 2 rings (SSSR count). The van der Waals surface area contributed by atoms with Crippen molar-refractivity contribution in [2.24, 2.45) is 0 Å². The molecule has 2 nitrogen and oxygen atoms in total. The summed E-state index contributed by atoms with van der Waals surface area (Å²) >= 11 is 6.02. The maximum Gasteiger partial charge on any atom is 0.151 e. The molecule has 1 aromatic carbocycles. The molecule has 1 aromatic rings. The molecular formula is C14H18ClNO. The molecule has 0 atom stereocenters. The van der Waals surface area contributed by atoms with Crippen LogP contribution < -0.4 is 5.32 Å². The van der Waals surface area contributed by atoms with Gasteiger partial charge in [0.1, 0.15) is 0 Å². The highest BCUT2D eigenvalue weighted by Gasteiger charge is 2.15. The Hall–Kier alpha value is -0.860. The molecular weight excluding hydrogens is 234 g/mol. The number of carbonyl (C=O) groups excluding carboxylic acids is 1. The summed E-state index contributed by atoms with van der Waals surface area (Å²) in [6.07, 6.45) is 5.42. The third-order valence-electron chi connectivity index (χ3n) is 3.29. The first-order valence-electron chi connectivity index (χ1n) is 6.24. The zero-order valence-corrected chi connectivity index (χ0v) is 10.7. The van der Waals surface area contributed by atoms with Gasteiger partial charge in [0.25, 0.3) is 0 Å². The van der Waals surface area contributed by atoms with Crippen molar-refractivity contribution >= 4 is 17.4 Å². The van der Waals surface area contributed by atoms with E-state index in [9.17, 15) is 4.79 Å². The van der Waals surface area contributed by atoms with E-state index in [1.54, 1.807) is 0 Å². The number of hydrogen-bond donors (Lipinski definition) is 1. The van der Waals surface area contributed by atoms with Crippen molar-refractivity contribution in [2.75, 3.05) is 6.54 Å². The summed E-state index contributed by atoms with van der Waals surface area (Å²) in [5.74, 6) is 0.213. The van der Waals surface area contributed by atoms with E-state index in [4.69, 9.17) is 11.6 Å². The Labute approximate surface area is 107 Å². The normalized spacial score (nSPS) is 16.3. The standard InChI is InChI=1S/C14H18ClNO/c15-14-8-4-1-5-11(14)9-13(17)10-16-12-6-2-3-7-12/h1,4-5,8,12,16H,2-3,6-7,9-10H2. The molecule has 1 fully saturated rings. The van der Waals surface area contributed by atoms with E-state index in [1.807, 2.05) is 24.3 Å². The van der Waals surface area contributed by atoms with E-state index in [2.05, 4.69) is 5.32 Å². The molecule has 17 heavy (non-hydrogen) atoms. The largest absolute Gasteiger partial charge is 0.307 e. The highest BCUT2D eigenvalue weighted by molar-refractivity contribution is 6.31. The Morgan fingerprint density at radius 1 is 1.29 bits per heavy atom. The molecule has 92 valence electrons. The van der Waals surface area contributed by atoms with Gasteiger partial charge in [-0.3, -0.25) is 4.79 Å². The molecule has 0 saturated heterocycles. The van der Waals surface area contributed by atoms with Crippen molar-refractivity contribution < 1.29 is 4.79 Å². The monoisotopic (exact) mass is 251 g/mol. The van der Waals surface area contributed by atoms with Crippen LogP contribution in [-0.2, 0) is 11.2 Å². The zero-order valence-electron chi connectivity index (χ0n) is 9.92. The van der Waals surface area contributed by atoms with Gasteiger partial charge in [0.15, 0.2) is 5.78 Å². The molecule has 1 N–H and O–H groups in total. The maximum atomic E-state index is 11.8. The van der Waals surface area contributed by atoms with Crippen molar-refractivity contribution in [1.29, 1.82) is 0 Å². The van der Waals surface area contributed by atoms with Crippen molar-refractivity contribution in [3.05, 3.63) is 34.9 Å². The molecule has 0 spiro atoms. The minimum Gasteiger partial charge on any atom is -0.307 e. The van der Waals surface area contributed by atoms with Crippen LogP contribution in [0.25, 0.3) is 0 Å². The lowest BCUT2D eigenvalue weighted by Crippen LogP contribution is -2.32. The summed E-state index contributed by atoms with van der Waals surface area (Å²) in [4.78, 5) is 11.8. The number of hydrogen-bond acceptors (Lipinski definition) is 2. The molecule has 1 aliphatic carbocycles. The van der Waals surface area contributed by atoms with Crippen LogP contribution in [0.4, 0.5) is 0 Å². The van der Waals surface area contributed by atoms with E-state index in [-0.39, 0.29) is 5.78 Å². The predicted molar refractivity (Wildman–Crippen MR) is 70.4 cm³/mol. The summed E-state index contributed by atoms with van der Waals surface area (Å²) in [7, 11) is 0. The first-order valence-corrected chi connectivity index (χ1v) is 6.62.